The van der Waals surface area contributed by atoms with Gasteiger partial charge in [0.25, 0.3) is 0 Å². The first-order chi connectivity index (χ1) is 14.5. The predicted molar refractivity (Wildman–Crippen MR) is 120 cm³/mol. The van der Waals surface area contributed by atoms with Crippen molar-refractivity contribution >= 4 is 11.7 Å². The average Bonchev–Trinajstić information content (AvgIpc) is 3.08. The van der Waals surface area contributed by atoms with Crippen LogP contribution in [0.5, 0.6) is 11.5 Å². The third-order valence-corrected chi connectivity index (χ3v) is 4.93. The van der Waals surface area contributed by atoms with Crippen molar-refractivity contribution in [3.63, 3.8) is 0 Å². The minimum Gasteiger partial charge on any atom is -0.504 e. The van der Waals surface area contributed by atoms with Crippen molar-refractivity contribution in [1.82, 2.24) is 4.98 Å². The third kappa shape index (κ3) is 4.82. The first-order valence-electron chi connectivity index (χ1n) is 9.95. The van der Waals surface area contributed by atoms with E-state index in [-0.39, 0.29) is 11.5 Å². The SMILES string of the molecule is Cc1oc(-c2ccc(N(C)C)cc2)nc1-c1cc(OCC(=O)O)c(O)c(C(C)(C)C)c1. The molecule has 1 heterocycles. The first-order valence-corrected chi connectivity index (χ1v) is 9.95. The summed E-state index contributed by atoms with van der Waals surface area (Å²) in [6, 6.07) is 11.3. The smallest absolute Gasteiger partial charge is 0.341 e. The Morgan fingerprint density at radius 1 is 1.13 bits per heavy atom. The number of rotatable bonds is 6. The Bertz CT molecular complexity index is 1090. The van der Waals surface area contributed by atoms with Gasteiger partial charge in [-0.25, -0.2) is 9.78 Å². The van der Waals surface area contributed by atoms with Crippen molar-refractivity contribution in [1.29, 1.82) is 0 Å². The molecule has 0 aliphatic carbocycles. The number of phenols is 1. The molecule has 3 aromatic rings. The fourth-order valence-corrected chi connectivity index (χ4v) is 3.26. The van der Waals surface area contributed by atoms with Crippen LogP contribution in [0.25, 0.3) is 22.7 Å². The van der Waals surface area contributed by atoms with E-state index in [0.717, 1.165) is 11.3 Å². The maximum absolute atomic E-state index is 11.0. The van der Waals surface area contributed by atoms with E-state index in [4.69, 9.17) is 14.3 Å². The van der Waals surface area contributed by atoms with E-state index >= 15 is 0 Å². The number of ether oxygens (including phenoxy) is 1. The molecule has 164 valence electrons. The normalized spacial score (nSPS) is 11.4. The highest BCUT2D eigenvalue weighted by atomic mass is 16.5. The zero-order chi connectivity index (χ0) is 22.9. The lowest BCUT2D eigenvalue weighted by molar-refractivity contribution is -0.139. The molecular formula is C24H28N2O5. The van der Waals surface area contributed by atoms with Crippen molar-refractivity contribution < 1.29 is 24.2 Å². The van der Waals surface area contributed by atoms with Gasteiger partial charge in [0.15, 0.2) is 18.1 Å². The number of hydrogen-bond acceptors (Lipinski definition) is 6. The molecule has 31 heavy (non-hydrogen) atoms. The molecule has 0 spiro atoms. The molecule has 0 atom stereocenters. The summed E-state index contributed by atoms with van der Waals surface area (Å²) in [7, 11) is 3.95. The van der Waals surface area contributed by atoms with Crippen molar-refractivity contribution in [2.75, 3.05) is 25.6 Å². The van der Waals surface area contributed by atoms with Crippen LogP contribution in [0.4, 0.5) is 5.69 Å². The lowest BCUT2D eigenvalue weighted by atomic mass is 9.84. The summed E-state index contributed by atoms with van der Waals surface area (Å²) in [5, 5.41) is 19.6. The van der Waals surface area contributed by atoms with Crippen LogP contribution in [0.1, 0.15) is 32.1 Å². The molecule has 0 aliphatic heterocycles. The van der Waals surface area contributed by atoms with Gasteiger partial charge < -0.3 is 24.3 Å². The number of phenolic OH excluding ortho intramolecular Hbond substituents is 1. The minimum absolute atomic E-state index is 0.0712. The third-order valence-electron chi connectivity index (χ3n) is 4.93. The minimum atomic E-state index is -1.12. The lowest BCUT2D eigenvalue weighted by Gasteiger charge is -2.23. The van der Waals surface area contributed by atoms with Crippen molar-refractivity contribution in [2.24, 2.45) is 0 Å². The topological polar surface area (TPSA) is 96.0 Å². The second-order valence-corrected chi connectivity index (χ2v) is 8.67. The Labute approximate surface area is 181 Å². The number of nitrogens with zero attached hydrogens (tertiary/aromatic N) is 2. The highest BCUT2D eigenvalue weighted by Crippen LogP contribution is 2.42. The predicted octanol–water partition coefficient (Wildman–Crippen LogP) is 4.85. The van der Waals surface area contributed by atoms with Crippen molar-refractivity contribution in [3.8, 4) is 34.2 Å². The molecule has 7 heteroatoms. The van der Waals surface area contributed by atoms with Crippen LogP contribution in [0, 0.1) is 6.92 Å². The Morgan fingerprint density at radius 3 is 2.32 bits per heavy atom. The van der Waals surface area contributed by atoms with E-state index in [1.807, 2.05) is 77.0 Å². The number of anilines is 1. The molecule has 0 unspecified atom stereocenters. The van der Waals surface area contributed by atoms with Gasteiger partial charge in [-0.15, -0.1) is 0 Å². The standard InChI is InChI=1S/C24H28N2O5/c1-14-21(25-23(31-14)15-7-9-17(10-8-15)26(5)6)16-11-18(24(2,3)4)22(29)19(12-16)30-13-20(27)28/h7-12,29H,13H2,1-6H3,(H,27,28). The molecule has 3 rings (SSSR count). The highest BCUT2D eigenvalue weighted by Gasteiger charge is 2.25. The zero-order valence-electron chi connectivity index (χ0n) is 18.7. The maximum Gasteiger partial charge on any atom is 0.341 e. The quantitative estimate of drug-likeness (QED) is 0.584. The summed E-state index contributed by atoms with van der Waals surface area (Å²) in [5.41, 5.74) is 3.43. The van der Waals surface area contributed by atoms with Crippen LogP contribution >= 0.6 is 0 Å². The Hall–Kier alpha value is -3.48. The van der Waals surface area contributed by atoms with Gasteiger partial charge in [0.1, 0.15) is 11.5 Å². The number of hydrogen-bond donors (Lipinski definition) is 2. The Kier molecular flexibility index (Phi) is 5.97. The van der Waals surface area contributed by atoms with E-state index in [1.165, 1.54) is 0 Å². The Morgan fingerprint density at radius 2 is 1.77 bits per heavy atom. The fourth-order valence-electron chi connectivity index (χ4n) is 3.26. The monoisotopic (exact) mass is 424 g/mol. The van der Waals surface area contributed by atoms with Gasteiger partial charge in [-0.05, 0) is 48.7 Å². The fraction of sp³-hybridized carbons (Fsp3) is 0.333. The maximum atomic E-state index is 11.0. The van der Waals surface area contributed by atoms with Crippen molar-refractivity contribution in [3.05, 3.63) is 47.7 Å². The lowest BCUT2D eigenvalue weighted by Crippen LogP contribution is -2.14. The van der Waals surface area contributed by atoms with Crippen LogP contribution in [0.15, 0.2) is 40.8 Å². The van der Waals surface area contributed by atoms with Gasteiger partial charge in [0, 0.05) is 36.5 Å². The summed E-state index contributed by atoms with van der Waals surface area (Å²) in [4.78, 5) is 17.7. The van der Waals surface area contributed by atoms with E-state index in [2.05, 4.69) is 4.98 Å². The van der Waals surface area contributed by atoms with Crippen LogP contribution in [-0.4, -0.2) is 41.9 Å². The van der Waals surface area contributed by atoms with Crippen LogP contribution in [-0.2, 0) is 10.2 Å². The second kappa shape index (κ2) is 8.34. The van der Waals surface area contributed by atoms with E-state index in [9.17, 15) is 9.90 Å². The second-order valence-electron chi connectivity index (χ2n) is 8.67. The van der Waals surface area contributed by atoms with Crippen molar-refractivity contribution in [2.45, 2.75) is 33.1 Å². The summed E-state index contributed by atoms with van der Waals surface area (Å²) < 4.78 is 11.3. The van der Waals surface area contributed by atoms with Crippen LogP contribution < -0.4 is 9.64 Å². The van der Waals surface area contributed by atoms with Crippen LogP contribution in [0.3, 0.4) is 0 Å². The van der Waals surface area contributed by atoms with Gasteiger partial charge in [0.2, 0.25) is 5.89 Å². The van der Waals surface area contributed by atoms with Gasteiger partial charge in [-0.3, -0.25) is 0 Å². The molecule has 0 radical (unpaired) electrons. The molecule has 0 saturated carbocycles. The number of aryl methyl sites for hydroxylation is 1. The number of oxazole rings is 1. The number of carbonyl (C=O) groups is 1. The number of aromatic hydroxyl groups is 1. The zero-order valence-corrected chi connectivity index (χ0v) is 18.7. The molecule has 2 aromatic carbocycles. The van der Waals surface area contributed by atoms with Gasteiger partial charge in [0.05, 0.1) is 0 Å². The highest BCUT2D eigenvalue weighted by molar-refractivity contribution is 5.72. The molecular weight excluding hydrogens is 396 g/mol. The van der Waals surface area contributed by atoms with Crippen LogP contribution in [0.2, 0.25) is 0 Å². The van der Waals surface area contributed by atoms with Gasteiger partial charge in [-0.2, -0.15) is 0 Å². The van der Waals surface area contributed by atoms with Gasteiger partial charge in [-0.1, -0.05) is 20.8 Å². The van der Waals surface area contributed by atoms with Gasteiger partial charge >= 0.3 is 5.97 Å². The molecule has 1 aromatic heterocycles. The molecule has 0 bridgehead atoms. The average molecular weight is 424 g/mol. The molecule has 0 aliphatic rings. The largest absolute Gasteiger partial charge is 0.504 e. The summed E-state index contributed by atoms with van der Waals surface area (Å²) >= 11 is 0. The molecule has 0 fully saturated rings. The summed E-state index contributed by atoms with van der Waals surface area (Å²) in [6.45, 7) is 7.14. The number of carboxylic acids is 1. The molecule has 0 amide bonds. The number of aliphatic carboxylic acids is 1. The summed E-state index contributed by atoms with van der Waals surface area (Å²) in [6.07, 6.45) is 0. The molecule has 0 saturated heterocycles. The van der Waals surface area contributed by atoms with E-state index < -0.39 is 18.0 Å². The van der Waals surface area contributed by atoms with E-state index in [0.29, 0.717) is 28.5 Å². The van der Waals surface area contributed by atoms with E-state index in [1.54, 1.807) is 6.07 Å². The number of benzene rings is 2. The first kappa shape index (κ1) is 22.2. The Balaban J connectivity index is 2.07. The summed E-state index contributed by atoms with van der Waals surface area (Å²) in [5.74, 6) is 0.00283. The number of carboxylic acid groups (broad SMARTS) is 1. The number of aromatic nitrogens is 1. The molecule has 7 nitrogen and oxygen atoms in total. The molecule has 2 N–H and O–H groups in total.